The van der Waals surface area contributed by atoms with Crippen LogP contribution in [-0.4, -0.2) is 25.8 Å². The zero-order valence-corrected chi connectivity index (χ0v) is 13.0. The first-order chi connectivity index (χ1) is 8.99. The third-order valence-corrected chi connectivity index (χ3v) is 5.13. The second-order valence-corrected chi connectivity index (χ2v) is 7.08. The zero-order chi connectivity index (χ0) is 14.0. The zero-order valence-electron chi connectivity index (χ0n) is 10.6. The summed E-state index contributed by atoms with van der Waals surface area (Å²) in [4.78, 5) is 0.284. The lowest BCUT2D eigenvalue weighted by Gasteiger charge is -2.14. The van der Waals surface area contributed by atoms with Gasteiger partial charge in [0.05, 0.1) is 27.9 Å². The van der Waals surface area contributed by atoms with Crippen molar-refractivity contribution in [3.8, 4) is 11.4 Å². The summed E-state index contributed by atoms with van der Waals surface area (Å²) in [6, 6.07) is 6.94. The molecule has 0 saturated carbocycles. The Morgan fingerprint density at radius 2 is 1.89 bits per heavy atom. The van der Waals surface area contributed by atoms with Gasteiger partial charge in [-0.2, -0.15) is 0 Å². The third kappa shape index (κ3) is 2.69. The van der Waals surface area contributed by atoms with Gasteiger partial charge in [0.15, 0.2) is 15.6 Å². The summed E-state index contributed by atoms with van der Waals surface area (Å²) >= 11 is 3.36. The first-order valence-electron chi connectivity index (χ1n) is 5.73. The molecule has 0 spiro atoms. The highest BCUT2D eigenvalue weighted by Gasteiger charge is 2.18. The van der Waals surface area contributed by atoms with E-state index in [1.165, 1.54) is 0 Å². The molecule has 0 N–H and O–H groups in total. The molecule has 0 unspecified atom stereocenters. The molecule has 0 radical (unpaired) electrons. The molecule has 2 rings (SSSR count). The maximum atomic E-state index is 12.0. The number of aromatic nitrogens is 1. The smallest absolute Gasteiger partial charge is 0.178 e. The largest absolute Gasteiger partial charge is 0.493 e. The normalized spacial score (nSPS) is 11.5. The second-order valence-electron chi connectivity index (χ2n) is 3.95. The van der Waals surface area contributed by atoms with Crippen LogP contribution < -0.4 is 4.74 Å². The molecule has 0 aliphatic carbocycles. The van der Waals surface area contributed by atoms with E-state index in [9.17, 15) is 8.42 Å². The quantitative estimate of drug-likeness (QED) is 0.857. The minimum Gasteiger partial charge on any atom is -0.493 e. The Morgan fingerprint density at radius 3 is 2.42 bits per heavy atom. The van der Waals surface area contributed by atoms with E-state index in [4.69, 9.17) is 4.74 Å². The van der Waals surface area contributed by atoms with E-state index in [2.05, 4.69) is 15.9 Å². The number of halogens is 1. The Labute approximate surface area is 121 Å². The first kappa shape index (κ1) is 14.1. The van der Waals surface area contributed by atoms with E-state index >= 15 is 0 Å². The molecule has 4 nitrogen and oxygen atoms in total. The molecule has 0 atom stereocenters. The van der Waals surface area contributed by atoms with Crippen LogP contribution in [0, 0.1) is 0 Å². The van der Waals surface area contributed by atoms with Crippen LogP contribution in [0.4, 0.5) is 0 Å². The fourth-order valence-corrected chi connectivity index (χ4v) is 3.48. The van der Waals surface area contributed by atoms with Crippen LogP contribution in [0.15, 0.2) is 46.0 Å². The minimum absolute atomic E-state index is 0.0664. The fourth-order valence-electron chi connectivity index (χ4n) is 1.79. The monoisotopic (exact) mass is 343 g/mol. The number of nitrogens with zero attached hydrogens (tertiary/aromatic N) is 1. The predicted octanol–water partition coefficient (Wildman–Crippen LogP) is 3.04. The van der Waals surface area contributed by atoms with Crippen LogP contribution in [0.25, 0.3) is 5.69 Å². The lowest BCUT2D eigenvalue weighted by Crippen LogP contribution is -2.06. The van der Waals surface area contributed by atoms with Crippen molar-refractivity contribution >= 4 is 25.8 Å². The van der Waals surface area contributed by atoms with E-state index in [0.717, 1.165) is 0 Å². The van der Waals surface area contributed by atoms with Crippen molar-refractivity contribution in [2.75, 3.05) is 12.9 Å². The Bertz CT molecular complexity index is 678. The average molecular weight is 344 g/mol. The molecule has 1 aromatic heterocycles. The van der Waals surface area contributed by atoms with Crippen LogP contribution in [-0.2, 0) is 9.84 Å². The Hall–Kier alpha value is -1.27. The summed E-state index contributed by atoms with van der Waals surface area (Å²) < 4.78 is 31.8. The molecular formula is C13H14BrNO3S. The molecule has 0 saturated heterocycles. The maximum Gasteiger partial charge on any atom is 0.178 e. The van der Waals surface area contributed by atoms with Crippen LogP contribution in [0.5, 0.6) is 5.75 Å². The second kappa shape index (κ2) is 5.38. The number of benzene rings is 1. The van der Waals surface area contributed by atoms with Gasteiger partial charge in [0.1, 0.15) is 0 Å². The highest BCUT2D eigenvalue weighted by molar-refractivity contribution is 9.10. The average Bonchev–Trinajstić information content (AvgIpc) is 2.91. The molecule has 102 valence electrons. The third-order valence-electron chi connectivity index (χ3n) is 2.82. The molecule has 0 aliphatic rings. The van der Waals surface area contributed by atoms with Crippen LogP contribution in [0.1, 0.15) is 6.92 Å². The number of hydrogen-bond donors (Lipinski definition) is 0. The fraction of sp³-hybridized carbons (Fsp3) is 0.231. The van der Waals surface area contributed by atoms with Crippen molar-refractivity contribution in [3.05, 3.63) is 41.1 Å². The van der Waals surface area contributed by atoms with Gasteiger partial charge in [-0.1, -0.05) is 6.92 Å². The van der Waals surface area contributed by atoms with Gasteiger partial charge in [-0.15, -0.1) is 0 Å². The Kier molecular flexibility index (Phi) is 4.01. The van der Waals surface area contributed by atoms with E-state index in [1.807, 2.05) is 29.1 Å². The SMILES string of the molecule is CCS(=O)(=O)c1cc(Br)c(OC)c(-n2cccc2)c1. The maximum absolute atomic E-state index is 12.0. The number of rotatable bonds is 4. The van der Waals surface area contributed by atoms with Crippen molar-refractivity contribution in [1.29, 1.82) is 0 Å². The molecular weight excluding hydrogens is 330 g/mol. The molecule has 2 aromatic rings. The van der Waals surface area contributed by atoms with Crippen molar-refractivity contribution in [1.82, 2.24) is 4.57 Å². The van der Waals surface area contributed by atoms with Gasteiger partial charge < -0.3 is 9.30 Å². The van der Waals surface area contributed by atoms with Gasteiger partial charge in [-0.05, 0) is 40.2 Å². The molecule has 19 heavy (non-hydrogen) atoms. The lowest BCUT2D eigenvalue weighted by molar-refractivity contribution is 0.410. The summed E-state index contributed by atoms with van der Waals surface area (Å²) in [5, 5.41) is 0. The van der Waals surface area contributed by atoms with Gasteiger partial charge in [0, 0.05) is 12.4 Å². The van der Waals surface area contributed by atoms with Crippen molar-refractivity contribution in [2.45, 2.75) is 11.8 Å². The molecule has 0 amide bonds. The summed E-state index contributed by atoms with van der Waals surface area (Å²) in [5.74, 6) is 0.669. The van der Waals surface area contributed by atoms with Gasteiger partial charge in [-0.3, -0.25) is 0 Å². The molecule has 6 heteroatoms. The van der Waals surface area contributed by atoms with Crippen molar-refractivity contribution < 1.29 is 13.2 Å². The number of sulfone groups is 1. The number of ether oxygens (including phenoxy) is 1. The summed E-state index contributed by atoms with van der Waals surface area (Å²) in [6.45, 7) is 1.63. The topological polar surface area (TPSA) is 48.3 Å². The molecule has 1 heterocycles. The van der Waals surface area contributed by atoms with Gasteiger partial charge >= 0.3 is 0 Å². The van der Waals surface area contributed by atoms with E-state index in [0.29, 0.717) is 15.9 Å². The first-order valence-corrected chi connectivity index (χ1v) is 8.17. The number of hydrogen-bond acceptors (Lipinski definition) is 3. The van der Waals surface area contributed by atoms with Crippen LogP contribution in [0.3, 0.4) is 0 Å². The van der Waals surface area contributed by atoms with Crippen molar-refractivity contribution in [2.24, 2.45) is 0 Å². The Balaban J connectivity index is 2.71. The van der Waals surface area contributed by atoms with Crippen LogP contribution >= 0.6 is 15.9 Å². The van der Waals surface area contributed by atoms with Gasteiger partial charge in [0.25, 0.3) is 0 Å². The van der Waals surface area contributed by atoms with Gasteiger partial charge in [0.2, 0.25) is 0 Å². The van der Waals surface area contributed by atoms with Crippen LogP contribution in [0.2, 0.25) is 0 Å². The van der Waals surface area contributed by atoms with Gasteiger partial charge in [-0.25, -0.2) is 8.42 Å². The highest BCUT2D eigenvalue weighted by atomic mass is 79.9. The van der Waals surface area contributed by atoms with E-state index in [-0.39, 0.29) is 10.6 Å². The predicted molar refractivity (Wildman–Crippen MR) is 77.7 cm³/mol. The highest BCUT2D eigenvalue weighted by Crippen LogP contribution is 2.35. The summed E-state index contributed by atoms with van der Waals surface area (Å²) in [5.41, 5.74) is 0.689. The molecule has 0 bridgehead atoms. The number of methoxy groups -OCH3 is 1. The Morgan fingerprint density at radius 1 is 1.26 bits per heavy atom. The minimum atomic E-state index is -3.26. The molecule has 0 aliphatic heterocycles. The lowest BCUT2D eigenvalue weighted by atomic mass is 10.3. The van der Waals surface area contributed by atoms with E-state index < -0.39 is 9.84 Å². The summed E-state index contributed by atoms with van der Waals surface area (Å²) in [6.07, 6.45) is 3.68. The molecule has 1 aromatic carbocycles. The van der Waals surface area contributed by atoms with E-state index in [1.54, 1.807) is 26.2 Å². The summed E-state index contributed by atoms with van der Waals surface area (Å²) in [7, 11) is -1.70. The van der Waals surface area contributed by atoms with Crippen molar-refractivity contribution in [3.63, 3.8) is 0 Å². The molecule has 0 fully saturated rings. The standard InChI is InChI=1S/C13H14BrNO3S/c1-3-19(16,17)10-8-11(14)13(18-2)12(9-10)15-6-4-5-7-15/h4-9H,3H2,1-2H3.